The Bertz CT molecular complexity index is 362. The van der Waals surface area contributed by atoms with Crippen molar-refractivity contribution in [2.45, 2.75) is 25.0 Å². The number of hydrogen-bond donors (Lipinski definition) is 1. The first-order valence-corrected chi connectivity index (χ1v) is 5.84. The molecule has 2 heterocycles. The normalized spacial score (nSPS) is 25.7. The third-order valence-electron chi connectivity index (χ3n) is 3.33. The number of nitrogens with one attached hydrogen (secondary N) is 1. The lowest BCUT2D eigenvalue weighted by Gasteiger charge is -2.39. The Balaban J connectivity index is 1.56. The molecule has 0 spiro atoms. The first-order chi connectivity index (χ1) is 7.75. The van der Waals surface area contributed by atoms with Crippen molar-refractivity contribution in [3.05, 3.63) is 29.8 Å². The number of benzene rings is 1. The summed E-state index contributed by atoms with van der Waals surface area (Å²) in [6.07, 6.45) is 1.16. The summed E-state index contributed by atoms with van der Waals surface area (Å²) < 4.78 is 11.7. The van der Waals surface area contributed by atoms with Gasteiger partial charge in [0.2, 0.25) is 0 Å². The van der Waals surface area contributed by atoms with Crippen LogP contribution in [0.3, 0.4) is 0 Å². The van der Waals surface area contributed by atoms with Gasteiger partial charge in [-0.15, -0.1) is 0 Å². The summed E-state index contributed by atoms with van der Waals surface area (Å²) >= 11 is 0. The number of rotatable bonds is 3. The highest BCUT2D eigenvalue weighted by Crippen LogP contribution is 2.29. The van der Waals surface area contributed by atoms with Gasteiger partial charge in [-0.3, -0.25) is 0 Å². The van der Waals surface area contributed by atoms with Gasteiger partial charge in [0, 0.05) is 19.5 Å². The van der Waals surface area contributed by atoms with E-state index in [1.54, 1.807) is 0 Å². The van der Waals surface area contributed by atoms with Crippen LogP contribution in [0.2, 0.25) is 0 Å². The Kier molecular flexibility index (Phi) is 2.37. The smallest absolute Gasteiger partial charge is 0.126 e. The maximum atomic E-state index is 5.89. The van der Waals surface area contributed by atoms with E-state index in [4.69, 9.17) is 9.47 Å². The van der Waals surface area contributed by atoms with Crippen molar-refractivity contribution >= 4 is 0 Å². The molecule has 3 nitrogen and oxygen atoms in total. The summed E-state index contributed by atoms with van der Waals surface area (Å²) in [7, 11) is 0. The number of ether oxygens (including phenoxy) is 2. The third kappa shape index (κ3) is 1.81. The van der Waals surface area contributed by atoms with Crippen LogP contribution < -0.4 is 10.1 Å². The van der Waals surface area contributed by atoms with E-state index in [-0.39, 0.29) is 11.7 Å². The van der Waals surface area contributed by atoms with E-state index in [0.29, 0.717) is 6.61 Å². The fourth-order valence-corrected chi connectivity index (χ4v) is 2.22. The Hall–Kier alpha value is -1.06. The molecule has 1 atom stereocenters. The highest BCUT2D eigenvalue weighted by atomic mass is 16.5. The monoisotopic (exact) mass is 219 g/mol. The van der Waals surface area contributed by atoms with Crippen molar-refractivity contribution < 1.29 is 9.47 Å². The summed E-state index contributed by atoms with van der Waals surface area (Å²) in [5, 5.41) is 3.23. The minimum absolute atomic E-state index is 0.0259. The van der Waals surface area contributed by atoms with E-state index < -0.39 is 0 Å². The van der Waals surface area contributed by atoms with Crippen LogP contribution in [0.15, 0.2) is 24.3 Å². The van der Waals surface area contributed by atoms with Gasteiger partial charge in [-0.05, 0) is 18.6 Å². The minimum atomic E-state index is 0.0259. The molecule has 0 radical (unpaired) electrons. The molecule has 1 unspecified atom stereocenters. The summed E-state index contributed by atoms with van der Waals surface area (Å²) in [4.78, 5) is 0. The van der Waals surface area contributed by atoms with Crippen LogP contribution in [0.5, 0.6) is 5.75 Å². The van der Waals surface area contributed by atoms with Crippen LogP contribution in [0, 0.1) is 0 Å². The second kappa shape index (κ2) is 3.75. The second-order valence-corrected chi connectivity index (χ2v) is 4.92. The Morgan fingerprint density at radius 1 is 1.44 bits per heavy atom. The second-order valence-electron chi connectivity index (χ2n) is 4.92. The van der Waals surface area contributed by atoms with Gasteiger partial charge >= 0.3 is 0 Å². The van der Waals surface area contributed by atoms with Crippen molar-refractivity contribution in [2.24, 2.45) is 0 Å². The van der Waals surface area contributed by atoms with Crippen molar-refractivity contribution in [3.63, 3.8) is 0 Å². The molecule has 2 aliphatic heterocycles. The average molecular weight is 219 g/mol. The van der Waals surface area contributed by atoms with Gasteiger partial charge in [-0.25, -0.2) is 0 Å². The van der Waals surface area contributed by atoms with Gasteiger partial charge in [-0.2, -0.15) is 0 Å². The molecule has 0 bridgehead atoms. The zero-order valence-electron chi connectivity index (χ0n) is 9.53. The first-order valence-electron chi connectivity index (χ1n) is 5.84. The molecule has 0 saturated carbocycles. The zero-order chi connectivity index (χ0) is 11.0. The highest BCUT2D eigenvalue weighted by Gasteiger charge is 2.34. The molecule has 1 aromatic rings. The molecule has 1 N–H and O–H groups in total. The molecule has 0 aliphatic carbocycles. The maximum absolute atomic E-state index is 5.89. The zero-order valence-corrected chi connectivity index (χ0v) is 9.53. The predicted molar refractivity (Wildman–Crippen MR) is 61.8 cm³/mol. The quantitative estimate of drug-likeness (QED) is 0.833. The van der Waals surface area contributed by atoms with Crippen molar-refractivity contribution in [2.75, 3.05) is 19.7 Å². The molecule has 2 aliphatic rings. The minimum Gasteiger partial charge on any atom is -0.487 e. The lowest BCUT2D eigenvalue weighted by Crippen LogP contribution is -2.59. The van der Waals surface area contributed by atoms with Crippen LogP contribution >= 0.6 is 0 Å². The van der Waals surface area contributed by atoms with Crippen molar-refractivity contribution in [1.29, 1.82) is 0 Å². The first kappa shape index (κ1) is 10.1. The van der Waals surface area contributed by atoms with Crippen LogP contribution in [-0.4, -0.2) is 31.4 Å². The third-order valence-corrected chi connectivity index (χ3v) is 3.33. The van der Waals surface area contributed by atoms with Gasteiger partial charge in [0.25, 0.3) is 0 Å². The fourth-order valence-electron chi connectivity index (χ4n) is 2.22. The summed E-state index contributed by atoms with van der Waals surface area (Å²) in [6.45, 7) is 4.73. The summed E-state index contributed by atoms with van der Waals surface area (Å²) in [6, 6.07) is 8.23. The molecule has 1 fully saturated rings. The average Bonchev–Trinajstić information content (AvgIpc) is 2.66. The van der Waals surface area contributed by atoms with Gasteiger partial charge in [0.1, 0.15) is 11.9 Å². The van der Waals surface area contributed by atoms with E-state index in [1.165, 1.54) is 5.56 Å². The molecule has 0 aromatic heterocycles. The van der Waals surface area contributed by atoms with Crippen LogP contribution in [0.1, 0.15) is 12.5 Å². The molecule has 3 rings (SSSR count). The topological polar surface area (TPSA) is 30.5 Å². The molecule has 1 saturated heterocycles. The lowest BCUT2D eigenvalue weighted by atomic mass is 10.00. The summed E-state index contributed by atoms with van der Waals surface area (Å²) in [5.41, 5.74) is 1.32. The summed E-state index contributed by atoms with van der Waals surface area (Å²) in [5.74, 6) is 1.02. The number of fused-ring (bicyclic) bond motifs is 1. The molecule has 0 amide bonds. The molecule has 86 valence electrons. The van der Waals surface area contributed by atoms with Crippen molar-refractivity contribution in [1.82, 2.24) is 5.32 Å². The Morgan fingerprint density at radius 2 is 2.25 bits per heavy atom. The van der Waals surface area contributed by atoms with Crippen molar-refractivity contribution in [3.8, 4) is 5.75 Å². The lowest BCUT2D eigenvalue weighted by molar-refractivity contribution is -0.0883. The van der Waals surface area contributed by atoms with E-state index in [1.807, 2.05) is 12.1 Å². The van der Waals surface area contributed by atoms with Gasteiger partial charge < -0.3 is 14.8 Å². The largest absolute Gasteiger partial charge is 0.487 e. The van der Waals surface area contributed by atoms with E-state index in [0.717, 1.165) is 25.3 Å². The molecule has 1 aromatic carbocycles. The molecular formula is C13H17NO2. The number of para-hydroxylation sites is 1. The van der Waals surface area contributed by atoms with Gasteiger partial charge in [0.15, 0.2) is 0 Å². The Labute approximate surface area is 95.8 Å². The Morgan fingerprint density at radius 3 is 2.94 bits per heavy atom. The van der Waals surface area contributed by atoms with E-state index in [2.05, 4.69) is 24.4 Å². The van der Waals surface area contributed by atoms with Crippen LogP contribution in [0.4, 0.5) is 0 Å². The maximum Gasteiger partial charge on any atom is 0.126 e. The fraction of sp³-hybridized carbons (Fsp3) is 0.538. The van der Waals surface area contributed by atoms with E-state index in [9.17, 15) is 0 Å². The highest BCUT2D eigenvalue weighted by molar-refractivity contribution is 5.37. The molecule has 3 heteroatoms. The molecular weight excluding hydrogens is 202 g/mol. The van der Waals surface area contributed by atoms with Gasteiger partial charge in [-0.1, -0.05) is 18.2 Å². The van der Waals surface area contributed by atoms with E-state index >= 15 is 0 Å². The SMILES string of the molecule is CC1(OCC2Cc3ccccc3O2)CNC1. The van der Waals surface area contributed by atoms with Crippen LogP contribution in [-0.2, 0) is 11.2 Å². The number of hydrogen-bond acceptors (Lipinski definition) is 3. The van der Waals surface area contributed by atoms with Crippen LogP contribution in [0.25, 0.3) is 0 Å². The predicted octanol–water partition coefficient (Wildman–Crippen LogP) is 1.37. The molecule has 16 heavy (non-hydrogen) atoms. The standard InChI is InChI=1S/C13H17NO2/c1-13(8-14-9-13)15-7-11-6-10-4-2-3-5-12(10)16-11/h2-5,11,14H,6-9H2,1H3. The van der Waals surface area contributed by atoms with Gasteiger partial charge in [0.05, 0.1) is 12.2 Å².